The zero-order valence-corrected chi connectivity index (χ0v) is 11.1. The summed E-state index contributed by atoms with van der Waals surface area (Å²) in [5.74, 6) is 0.403. The molecule has 0 saturated heterocycles. The maximum Gasteiger partial charge on any atom is 0.102 e. The second-order valence-electron chi connectivity index (χ2n) is 4.19. The van der Waals surface area contributed by atoms with Crippen molar-refractivity contribution in [1.82, 2.24) is 20.3 Å². The Labute approximate surface area is 102 Å². The van der Waals surface area contributed by atoms with Crippen molar-refractivity contribution in [2.45, 2.75) is 26.6 Å². The number of methoxy groups -OCH3 is 2. The van der Waals surface area contributed by atoms with Gasteiger partial charge in [0, 0.05) is 27.3 Å². The summed E-state index contributed by atoms with van der Waals surface area (Å²) in [6.07, 6.45) is 0. The lowest BCUT2D eigenvalue weighted by Gasteiger charge is -2.12. The highest BCUT2D eigenvalue weighted by atomic mass is 16.5. The molecule has 17 heavy (non-hydrogen) atoms. The third-order valence-electron chi connectivity index (χ3n) is 2.48. The van der Waals surface area contributed by atoms with Crippen LogP contribution in [0.25, 0.3) is 0 Å². The lowest BCUT2D eigenvalue weighted by atomic mass is 10.2. The van der Waals surface area contributed by atoms with Crippen LogP contribution < -0.4 is 5.32 Å². The lowest BCUT2D eigenvalue weighted by Crippen LogP contribution is -2.17. The SMILES string of the molecule is CNCc1nnn(CC(C)COC)c1COC. The summed E-state index contributed by atoms with van der Waals surface area (Å²) in [6.45, 7) is 4.87. The van der Waals surface area contributed by atoms with Crippen molar-refractivity contribution in [3.63, 3.8) is 0 Å². The quantitative estimate of drug-likeness (QED) is 0.716. The van der Waals surface area contributed by atoms with Gasteiger partial charge >= 0.3 is 0 Å². The van der Waals surface area contributed by atoms with E-state index in [2.05, 4.69) is 22.6 Å². The molecule has 6 heteroatoms. The Morgan fingerprint density at radius 1 is 1.35 bits per heavy atom. The first-order valence-electron chi connectivity index (χ1n) is 5.76. The van der Waals surface area contributed by atoms with Crippen molar-refractivity contribution in [3.05, 3.63) is 11.4 Å². The minimum Gasteiger partial charge on any atom is -0.384 e. The Balaban J connectivity index is 2.75. The molecule has 1 aromatic rings. The molecule has 0 aliphatic rings. The van der Waals surface area contributed by atoms with Crippen LogP contribution in [0.1, 0.15) is 18.3 Å². The Kier molecular flexibility index (Phi) is 6.10. The van der Waals surface area contributed by atoms with E-state index in [9.17, 15) is 0 Å². The molecule has 0 amide bonds. The number of aromatic nitrogens is 3. The number of rotatable bonds is 8. The molecular weight excluding hydrogens is 220 g/mol. The molecule has 0 bridgehead atoms. The topological polar surface area (TPSA) is 61.2 Å². The summed E-state index contributed by atoms with van der Waals surface area (Å²) in [7, 11) is 5.28. The minimum absolute atomic E-state index is 0.403. The first-order chi connectivity index (χ1) is 8.22. The van der Waals surface area contributed by atoms with Crippen LogP contribution in [-0.2, 0) is 29.2 Å². The van der Waals surface area contributed by atoms with Crippen LogP contribution in [0.5, 0.6) is 0 Å². The van der Waals surface area contributed by atoms with Crippen molar-refractivity contribution in [2.24, 2.45) is 5.92 Å². The molecule has 0 aromatic carbocycles. The molecule has 1 N–H and O–H groups in total. The molecule has 1 unspecified atom stereocenters. The van der Waals surface area contributed by atoms with E-state index in [1.165, 1.54) is 0 Å². The molecule has 1 rings (SSSR count). The van der Waals surface area contributed by atoms with Gasteiger partial charge in [-0.05, 0) is 13.0 Å². The largest absolute Gasteiger partial charge is 0.384 e. The van der Waals surface area contributed by atoms with Crippen LogP contribution in [0.15, 0.2) is 0 Å². The highest BCUT2D eigenvalue weighted by Crippen LogP contribution is 2.10. The maximum atomic E-state index is 5.20. The second-order valence-corrected chi connectivity index (χ2v) is 4.19. The fourth-order valence-corrected chi connectivity index (χ4v) is 1.75. The third kappa shape index (κ3) is 4.07. The number of hydrogen-bond donors (Lipinski definition) is 1. The van der Waals surface area contributed by atoms with E-state index in [1.807, 2.05) is 11.7 Å². The van der Waals surface area contributed by atoms with Crippen molar-refractivity contribution >= 4 is 0 Å². The number of nitrogens with zero attached hydrogens (tertiary/aromatic N) is 3. The summed E-state index contributed by atoms with van der Waals surface area (Å²) in [6, 6.07) is 0. The van der Waals surface area contributed by atoms with Crippen LogP contribution in [0.2, 0.25) is 0 Å². The van der Waals surface area contributed by atoms with Gasteiger partial charge < -0.3 is 14.8 Å². The molecule has 0 saturated carbocycles. The van der Waals surface area contributed by atoms with E-state index in [0.29, 0.717) is 25.7 Å². The summed E-state index contributed by atoms with van der Waals surface area (Å²) in [4.78, 5) is 0. The van der Waals surface area contributed by atoms with Gasteiger partial charge in [-0.25, -0.2) is 4.68 Å². The average molecular weight is 242 g/mol. The smallest absolute Gasteiger partial charge is 0.102 e. The molecule has 0 aliphatic carbocycles. The van der Waals surface area contributed by atoms with E-state index in [0.717, 1.165) is 17.9 Å². The Hall–Kier alpha value is -0.980. The maximum absolute atomic E-state index is 5.20. The molecule has 0 radical (unpaired) electrons. The van der Waals surface area contributed by atoms with E-state index in [-0.39, 0.29) is 0 Å². The van der Waals surface area contributed by atoms with Crippen molar-refractivity contribution in [3.8, 4) is 0 Å². The van der Waals surface area contributed by atoms with Crippen LogP contribution in [0.3, 0.4) is 0 Å². The molecule has 0 aliphatic heterocycles. The third-order valence-corrected chi connectivity index (χ3v) is 2.48. The molecule has 6 nitrogen and oxygen atoms in total. The first kappa shape index (κ1) is 14.1. The van der Waals surface area contributed by atoms with Gasteiger partial charge in [0.2, 0.25) is 0 Å². The van der Waals surface area contributed by atoms with Gasteiger partial charge in [0.05, 0.1) is 18.9 Å². The normalized spacial score (nSPS) is 12.9. The van der Waals surface area contributed by atoms with Gasteiger partial charge in [-0.2, -0.15) is 0 Å². The van der Waals surface area contributed by atoms with Gasteiger partial charge in [-0.3, -0.25) is 0 Å². The van der Waals surface area contributed by atoms with Gasteiger partial charge in [0.25, 0.3) is 0 Å². The zero-order valence-electron chi connectivity index (χ0n) is 11.1. The fourth-order valence-electron chi connectivity index (χ4n) is 1.75. The molecule has 1 atom stereocenters. The first-order valence-corrected chi connectivity index (χ1v) is 5.76. The molecule has 1 aromatic heterocycles. The molecule has 0 fully saturated rings. The average Bonchev–Trinajstić information content (AvgIpc) is 2.64. The van der Waals surface area contributed by atoms with Crippen molar-refractivity contribution in [1.29, 1.82) is 0 Å². The van der Waals surface area contributed by atoms with Gasteiger partial charge in [-0.1, -0.05) is 12.1 Å². The monoisotopic (exact) mass is 242 g/mol. The van der Waals surface area contributed by atoms with Crippen LogP contribution in [0.4, 0.5) is 0 Å². The Morgan fingerprint density at radius 3 is 2.71 bits per heavy atom. The zero-order chi connectivity index (χ0) is 12.7. The molecule has 1 heterocycles. The summed E-state index contributed by atoms with van der Waals surface area (Å²) >= 11 is 0. The Morgan fingerprint density at radius 2 is 2.12 bits per heavy atom. The van der Waals surface area contributed by atoms with Crippen LogP contribution >= 0.6 is 0 Å². The molecule has 98 valence electrons. The van der Waals surface area contributed by atoms with E-state index in [4.69, 9.17) is 9.47 Å². The predicted octanol–water partition coefficient (Wildman–Crippen LogP) is 0.426. The lowest BCUT2D eigenvalue weighted by molar-refractivity contribution is 0.143. The highest BCUT2D eigenvalue weighted by molar-refractivity contribution is 5.09. The summed E-state index contributed by atoms with van der Waals surface area (Å²) < 4.78 is 12.2. The fraction of sp³-hybridized carbons (Fsp3) is 0.818. The van der Waals surface area contributed by atoms with Gasteiger partial charge in [-0.15, -0.1) is 5.10 Å². The van der Waals surface area contributed by atoms with E-state index < -0.39 is 0 Å². The highest BCUT2D eigenvalue weighted by Gasteiger charge is 2.14. The van der Waals surface area contributed by atoms with Gasteiger partial charge in [0.15, 0.2) is 0 Å². The van der Waals surface area contributed by atoms with E-state index >= 15 is 0 Å². The van der Waals surface area contributed by atoms with Gasteiger partial charge in [0.1, 0.15) is 5.69 Å². The standard InChI is InChI=1S/C11H22N4O2/c1-9(7-16-3)6-15-11(8-17-4)10(5-12-2)13-14-15/h9,12H,5-8H2,1-4H3. The number of hydrogen-bond acceptors (Lipinski definition) is 5. The second kappa shape index (κ2) is 7.37. The van der Waals surface area contributed by atoms with Crippen LogP contribution in [-0.4, -0.2) is 42.9 Å². The summed E-state index contributed by atoms with van der Waals surface area (Å²) in [5, 5.41) is 11.4. The molecule has 0 spiro atoms. The van der Waals surface area contributed by atoms with Crippen LogP contribution in [0, 0.1) is 5.92 Å². The van der Waals surface area contributed by atoms with Crippen molar-refractivity contribution < 1.29 is 9.47 Å². The molecular formula is C11H22N4O2. The number of nitrogens with one attached hydrogen (secondary N) is 1. The van der Waals surface area contributed by atoms with Crippen molar-refractivity contribution in [2.75, 3.05) is 27.9 Å². The van der Waals surface area contributed by atoms with E-state index in [1.54, 1.807) is 14.2 Å². The number of ether oxygens (including phenoxy) is 2. The predicted molar refractivity (Wildman–Crippen MR) is 64.5 cm³/mol. The minimum atomic E-state index is 0.403. The summed E-state index contributed by atoms with van der Waals surface area (Å²) in [5.41, 5.74) is 1.98. The Bertz CT molecular complexity index is 327.